The molecular weight excluding hydrogens is 242 g/mol. The highest BCUT2D eigenvalue weighted by molar-refractivity contribution is 5.86. The summed E-state index contributed by atoms with van der Waals surface area (Å²) in [5, 5.41) is 8.85. The van der Waals surface area contributed by atoms with Crippen molar-refractivity contribution in [3.05, 3.63) is 47.4 Å². The minimum absolute atomic E-state index is 0.165. The summed E-state index contributed by atoms with van der Waals surface area (Å²) in [6.45, 7) is 1.51. The van der Waals surface area contributed by atoms with Crippen LogP contribution in [0.1, 0.15) is 16.3 Å². The minimum Gasteiger partial charge on any atom is -0.477 e. The van der Waals surface area contributed by atoms with Crippen molar-refractivity contribution >= 4 is 5.97 Å². The summed E-state index contributed by atoms with van der Waals surface area (Å²) >= 11 is 0. The Morgan fingerprint density at radius 1 is 1.11 bits per heavy atom. The topological polar surface area (TPSA) is 63.1 Å². The molecule has 0 aliphatic rings. The van der Waals surface area contributed by atoms with Gasteiger partial charge in [0.15, 0.2) is 5.69 Å². The Morgan fingerprint density at radius 2 is 1.72 bits per heavy atom. The third-order valence-corrected chi connectivity index (χ3v) is 2.22. The number of aromatic carboxylic acids is 1. The molecule has 0 atom stereocenters. The molecule has 18 heavy (non-hydrogen) atoms. The molecule has 2 rings (SSSR count). The van der Waals surface area contributed by atoms with Gasteiger partial charge in [0.05, 0.1) is 5.69 Å². The van der Waals surface area contributed by atoms with Crippen molar-refractivity contribution in [3.8, 4) is 11.3 Å². The van der Waals surface area contributed by atoms with Gasteiger partial charge in [-0.25, -0.2) is 23.5 Å². The van der Waals surface area contributed by atoms with Crippen LogP contribution in [0.25, 0.3) is 11.3 Å². The second kappa shape index (κ2) is 4.48. The highest BCUT2D eigenvalue weighted by Gasteiger charge is 2.11. The number of rotatable bonds is 2. The molecule has 4 nitrogen and oxygen atoms in total. The first-order valence-electron chi connectivity index (χ1n) is 5.01. The first kappa shape index (κ1) is 12.1. The van der Waals surface area contributed by atoms with Gasteiger partial charge in [-0.2, -0.15) is 0 Å². The maximum absolute atomic E-state index is 13.1. The smallest absolute Gasteiger partial charge is 0.354 e. The van der Waals surface area contributed by atoms with Crippen molar-refractivity contribution in [2.24, 2.45) is 0 Å². The molecule has 92 valence electrons. The average Bonchev–Trinajstić information content (AvgIpc) is 2.26. The lowest BCUT2D eigenvalue weighted by Crippen LogP contribution is -2.04. The van der Waals surface area contributed by atoms with Crippen LogP contribution >= 0.6 is 0 Å². The Bertz CT molecular complexity index is 609. The summed E-state index contributed by atoms with van der Waals surface area (Å²) in [6, 6.07) is 4.06. The number of hydrogen-bond donors (Lipinski definition) is 1. The number of benzene rings is 1. The maximum atomic E-state index is 13.1. The minimum atomic E-state index is -1.22. The van der Waals surface area contributed by atoms with E-state index in [1.165, 1.54) is 13.0 Å². The molecule has 0 fully saturated rings. The second-order valence-electron chi connectivity index (χ2n) is 3.65. The lowest BCUT2D eigenvalue weighted by atomic mass is 10.1. The number of carbonyl (C=O) groups is 1. The maximum Gasteiger partial charge on any atom is 0.354 e. The van der Waals surface area contributed by atoms with Crippen molar-refractivity contribution in [2.75, 3.05) is 0 Å². The van der Waals surface area contributed by atoms with Crippen LogP contribution in [-0.4, -0.2) is 21.0 Å². The van der Waals surface area contributed by atoms with E-state index in [2.05, 4.69) is 9.97 Å². The van der Waals surface area contributed by atoms with Crippen LogP contribution in [0.4, 0.5) is 8.78 Å². The molecule has 0 bridgehead atoms. The number of nitrogens with zero attached hydrogens (tertiary/aromatic N) is 2. The summed E-state index contributed by atoms with van der Waals surface area (Å²) in [6.07, 6.45) is 0. The normalized spacial score (nSPS) is 10.4. The molecule has 0 spiro atoms. The van der Waals surface area contributed by atoms with E-state index in [9.17, 15) is 13.6 Å². The highest BCUT2D eigenvalue weighted by atomic mass is 19.1. The Balaban J connectivity index is 2.59. The molecule has 1 N–H and O–H groups in total. The molecule has 6 heteroatoms. The molecule has 0 aliphatic carbocycles. The van der Waals surface area contributed by atoms with Gasteiger partial charge in [0.1, 0.15) is 17.5 Å². The molecular formula is C12H8F2N2O2. The first-order chi connectivity index (χ1) is 8.45. The lowest BCUT2D eigenvalue weighted by molar-refractivity contribution is 0.0690. The zero-order chi connectivity index (χ0) is 13.3. The highest BCUT2D eigenvalue weighted by Crippen LogP contribution is 2.20. The molecule has 0 aliphatic heterocycles. The number of aromatic nitrogens is 2. The third kappa shape index (κ3) is 2.48. The summed E-state index contributed by atoms with van der Waals surface area (Å²) in [5.74, 6) is -2.51. The summed E-state index contributed by atoms with van der Waals surface area (Å²) in [4.78, 5) is 18.5. The van der Waals surface area contributed by atoms with Gasteiger partial charge in [-0.3, -0.25) is 0 Å². The van der Waals surface area contributed by atoms with E-state index in [1.54, 1.807) is 0 Å². The quantitative estimate of drug-likeness (QED) is 0.889. The Labute approximate surface area is 101 Å². The van der Waals surface area contributed by atoms with E-state index in [0.717, 1.165) is 18.2 Å². The third-order valence-electron chi connectivity index (χ3n) is 2.22. The molecule has 0 radical (unpaired) electrons. The van der Waals surface area contributed by atoms with E-state index in [1.807, 2.05) is 0 Å². The molecule has 0 saturated heterocycles. The van der Waals surface area contributed by atoms with Crippen LogP contribution in [0.3, 0.4) is 0 Å². The summed E-state index contributed by atoms with van der Waals surface area (Å²) in [7, 11) is 0. The predicted molar refractivity (Wildman–Crippen MR) is 59.1 cm³/mol. The van der Waals surface area contributed by atoms with E-state index in [4.69, 9.17) is 5.11 Å². The van der Waals surface area contributed by atoms with Gasteiger partial charge in [-0.15, -0.1) is 0 Å². The number of aryl methyl sites for hydroxylation is 1. The largest absolute Gasteiger partial charge is 0.477 e. The van der Waals surface area contributed by atoms with Gasteiger partial charge in [0.25, 0.3) is 0 Å². The van der Waals surface area contributed by atoms with Crippen molar-refractivity contribution < 1.29 is 18.7 Å². The fourth-order valence-electron chi connectivity index (χ4n) is 1.53. The molecule has 1 aromatic heterocycles. The van der Waals surface area contributed by atoms with Crippen LogP contribution in [-0.2, 0) is 0 Å². The Kier molecular flexibility index (Phi) is 3.01. The lowest BCUT2D eigenvalue weighted by Gasteiger charge is -2.04. The predicted octanol–water partition coefficient (Wildman–Crippen LogP) is 2.43. The standard InChI is InChI=1S/C12H8F2N2O2/c1-6-15-10(5-11(16-6)12(17)18)7-2-8(13)4-9(14)3-7/h2-5H,1H3,(H,17,18). The van der Waals surface area contributed by atoms with Crippen LogP contribution in [0.15, 0.2) is 24.3 Å². The number of carboxylic acids is 1. The van der Waals surface area contributed by atoms with Crippen LogP contribution < -0.4 is 0 Å². The van der Waals surface area contributed by atoms with Crippen LogP contribution in [0.2, 0.25) is 0 Å². The van der Waals surface area contributed by atoms with Crippen LogP contribution in [0, 0.1) is 18.6 Å². The van der Waals surface area contributed by atoms with E-state index < -0.39 is 17.6 Å². The molecule has 1 heterocycles. The zero-order valence-electron chi connectivity index (χ0n) is 9.32. The van der Waals surface area contributed by atoms with Gasteiger partial charge in [0, 0.05) is 11.6 Å². The number of carboxylic acid groups (broad SMARTS) is 1. The van der Waals surface area contributed by atoms with Gasteiger partial charge < -0.3 is 5.11 Å². The van der Waals surface area contributed by atoms with Gasteiger partial charge in [-0.1, -0.05) is 0 Å². The fraction of sp³-hybridized carbons (Fsp3) is 0.0833. The van der Waals surface area contributed by atoms with Crippen molar-refractivity contribution in [1.29, 1.82) is 0 Å². The molecule has 2 aromatic rings. The average molecular weight is 250 g/mol. The SMILES string of the molecule is Cc1nc(C(=O)O)cc(-c2cc(F)cc(F)c2)n1. The Morgan fingerprint density at radius 3 is 2.28 bits per heavy atom. The first-order valence-corrected chi connectivity index (χ1v) is 5.01. The van der Waals surface area contributed by atoms with Gasteiger partial charge in [-0.05, 0) is 25.1 Å². The number of hydrogen-bond acceptors (Lipinski definition) is 3. The van der Waals surface area contributed by atoms with E-state index in [-0.39, 0.29) is 22.8 Å². The molecule has 0 unspecified atom stereocenters. The number of halogens is 2. The fourth-order valence-corrected chi connectivity index (χ4v) is 1.53. The molecule has 1 aromatic carbocycles. The zero-order valence-corrected chi connectivity index (χ0v) is 9.32. The monoisotopic (exact) mass is 250 g/mol. The van der Waals surface area contributed by atoms with Crippen molar-refractivity contribution in [2.45, 2.75) is 6.92 Å². The summed E-state index contributed by atoms with van der Waals surface area (Å²) in [5.41, 5.74) is 0.112. The second-order valence-corrected chi connectivity index (χ2v) is 3.65. The van der Waals surface area contributed by atoms with E-state index in [0.29, 0.717) is 0 Å². The van der Waals surface area contributed by atoms with Crippen LogP contribution in [0.5, 0.6) is 0 Å². The van der Waals surface area contributed by atoms with Gasteiger partial charge >= 0.3 is 5.97 Å². The molecule has 0 saturated carbocycles. The Hall–Kier alpha value is -2.37. The van der Waals surface area contributed by atoms with E-state index >= 15 is 0 Å². The van der Waals surface area contributed by atoms with Crippen molar-refractivity contribution in [1.82, 2.24) is 9.97 Å². The van der Waals surface area contributed by atoms with Crippen molar-refractivity contribution in [3.63, 3.8) is 0 Å². The molecule has 0 amide bonds. The van der Waals surface area contributed by atoms with Gasteiger partial charge in [0.2, 0.25) is 0 Å². The summed E-state index contributed by atoms with van der Waals surface area (Å²) < 4.78 is 26.1.